The van der Waals surface area contributed by atoms with Gasteiger partial charge in [-0.2, -0.15) is 5.10 Å². The standard InChI is InChI=1S/C20H25N3O5/c1-12-18(23(26)27)13(2)22(21-12)11-17(24)28-14(3)19(25)15-7-9-16(10-8-15)20(4,5)6/h7-10,14H,11H2,1-6H3/t14-/m0/s1. The summed E-state index contributed by atoms with van der Waals surface area (Å²) in [7, 11) is 0. The number of ether oxygens (including phenoxy) is 1. The molecule has 8 nitrogen and oxygen atoms in total. The summed E-state index contributed by atoms with van der Waals surface area (Å²) in [6, 6.07) is 7.21. The highest BCUT2D eigenvalue weighted by molar-refractivity contribution is 6.00. The quantitative estimate of drug-likeness (QED) is 0.325. The molecular formula is C20H25N3O5. The van der Waals surface area contributed by atoms with Crippen LogP contribution in [0.4, 0.5) is 5.69 Å². The maximum Gasteiger partial charge on any atom is 0.328 e. The molecule has 0 bridgehead atoms. The van der Waals surface area contributed by atoms with Crippen LogP contribution in [0.5, 0.6) is 0 Å². The molecule has 2 rings (SSSR count). The number of aryl methyl sites for hydroxylation is 1. The van der Waals surface area contributed by atoms with Gasteiger partial charge < -0.3 is 4.74 Å². The summed E-state index contributed by atoms with van der Waals surface area (Å²) in [5.41, 5.74) is 1.88. The number of benzene rings is 1. The molecule has 1 aromatic carbocycles. The van der Waals surface area contributed by atoms with Gasteiger partial charge >= 0.3 is 11.7 Å². The Balaban J connectivity index is 2.05. The number of aromatic nitrogens is 2. The van der Waals surface area contributed by atoms with E-state index in [9.17, 15) is 19.7 Å². The average Bonchev–Trinajstić information content (AvgIpc) is 2.86. The van der Waals surface area contributed by atoms with Crippen molar-refractivity contribution >= 4 is 17.4 Å². The van der Waals surface area contributed by atoms with Crippen LogP contribution in [0.3, 0.4) is 0 Å². The Morgan fingerprint density at radius 1 is 1.21 bits per heavy atom. The van der Waals surface area contributed by atoms with E-state index < -0.39 is 17.0 Å². The van der Waals surface area contributed by atoms with E-state index in [-0.39, 0.29) is 34.8 Å². The fraction of sp³-hybridized carbons (Fsp3) is 0.450. The minimum absolute atomic E-state index is 0.0258. The highest BCUT2D eigenvalue weighted by Crippen LogP contribution is 2.23. The molecule has 28 heavy (non-hydrogen) atoms. The molecule has 0 N–H and O–H groups in total. The van der Waals surface area contributed by atoms with Crippen molar-refractivity contribution in [2.24, 2.45) is 0 Å². The monoisotopic (exact) mass is 387 g/mol. The molecule has 150 valence electrons. The van der Waals surface area contributed by atoms with Gasteiger partial charge in [-0.05, 0) is 31.7 Å². The van der Waals surface area contributed by atoms with Gasteiger partial charge in [-0.25, -0.2) is 0 Å². The van der Waals surface area contributed by atoms with Gasteiger partial charge in [0.15, 0.2) is 6.10 Å². The van der Waals surface area contributed by atoms with Gasteiger partial charge in [-0.1, -0.05) is 45.0 Å². The maximum atomic E-state index is 12.5. The number of carbonyl (C=O) groups excluding carboxylic acids is 2. The molecule has 0 radical (unpaired) electrons. The largest absolute Gasteiger partial charge is 0.453 e. The molecule has 1 atom stereocenters. The SMILES string of the molecule is Cc1nn(CC(=O)O[C@@H](C)C(=O)c2ccc(C(C)(C)C)cc2)c(C)c1[N+](=O)[O-]. The zero-order valence-electron chi connectivity index (χ0n) is 17.0. The summed E-state index contributed by atoms with van der Waals surface area (Å²) in [5.74, 6) is -0.999. The van der Waals surface area contributed by atoms with E-state index in [4.69, 9.17) is 4.74 Å². The van der Waals surface area contributed by atoms with Crippen molar-refractivity contribution in [3.05, 3.63) is 56.9 Å². The highest BCUT2D eigenvalue weighted by atomic mass is 16.6. The molecule has 0 spiro atoms. The summed E-state index contributed by atoms with van der Waals surface area (Å²) < 4.78 is 6.43. The minimum Gasteiger partial charge on any atom is -0.453 e. The second-order valence-corrected chi connectivity index (χ2v) is 7.76. The second kappa shape index (κ2) is 7.92. The molecular weight excluding hydrogens is 362 g/mol. The van der Waals surface area contributed by atoms with Crippen molar-refractivity contribution < 1.29 is 19.2 Å². The van der Waals surface area contributed by atoms with Crippen molar-refractivity contribution in [1.82, 2.24) is 9.78 Å². The van der Waals surface area contributed by atoms with E-state index in [1.54, 1.807) is 12.1 Å². The first-order valence-corrected chi connectivity index (χ1v) is 8.94. The Bertz CT molecular complexity index is 907. The van der Waals surface area contributed by atoms with Crippen molar-refractivity contribution in [3.63, 3.8) is 0 Å². The number of nitrogens with zero attached hydrogens (tertiary/aromatic N) is 3. The molecule has 0 amide bonds. The number of carbonyl (C=O) groups is 2. The van der Waals surface area contributed by atoms with Gasteiger partial charge in [-0.15, -0.1) is 0 Å². The zero-order chi connectivity index (χ0) is 21.2. The smallest absolute Gasteiger partial charge is 0.328 e. The lowest BCUT2D eigenvalue weighted by molar-refractivity contribution is -0.386. The predicted molar refractivity (Wildman–Crippen MR) is 103 cm³/mol. The summed E-state index contributed by atoms with van der Waals surface area (Å²) in [5, 5.41) is 15.0. The Labute approximate surface area is 163 Å². The molecule has 0 aliphatic carbocycles. The molecule has 2 aromatic rings. The lowest BCUT2D eigenvalue weighted by Crippen LogP contribution is -2.27. The second-order valence-electron chi connectivity index (χ2n) is 7.76. The van der Waals surface area contributed by atoms with Crippen LogP contribution in [0.1, 0.15) is 55.0 Å². The van der Waals surface area contributed by atoms with E-state index in [2.05, 4.69) is 25.9 Å². The lowest BCUT2D eigenvalue weighted by atomic mass is 9.86. The van der Waals surface area contributed by atoms with E-state index in [1.165, 1.54) is 25.5 Å². The third-order valence-corrected chi connectivity index (χ3v) is 4.52. The summed E-state index contributed by atoms with van der Waals surface area (Å²) in [6.45, 7) is 10.5. The Morgan fingerprint density at radius 2 is 1.79 bits per heavy atom. The van der Waals surface area contributed by atoms with Gasteiger partial charge in [0, 0.05) is 5.56 Å². The van der Waals surface area contributed by atoms with Crippen LogP contribution in [0.15, 0.2) is 24.3 Å². The average molecular weight is 387 g/mol. The van der Waals surface area contributed by atoms with E-state index in [1.807, 2.05) is 12.1 Å². The Morgan fingerprint density at radius 3 is 2.25 bits per heavy atom. The van der Waals surface area contributed by atoms with Crippen LogP contribution < -0.4 is 0 Å². The zero-order valence-corrected chi connectivity index (χ0v) is 17.0. The van der Waals surface area contributed by atoms with Crippen LogP contribution >= 0.6 is 0 Å². The predicted octanol–water partition coefficient (Wildman–Crippen LogP) is 3.52. The lowest BCUT2D eigenvalue weighted by Gasteiger charge is -2.19. The number of esters is 1. The molecule has 8 heteroatoms. The van der Waals surface area contributed by atoms with Gasteiger partial charge in [0.05, 0.1) is 4.92 Å². The normalized spacial score (nSPS) is 12.5. The summed E-state index contributed by atoms with van der Waals surface area (Å²) in [4.78, 5) is 35.2. The number of hydrogen-bond acceptors (Lipinski definition) is 6. The third kappa shape index (κ3) is 4.62. The first-order chi connectivity index (χ1) is 12.9. The van der Waals surface area contributed by atoms with Gasteiger partial charge in [-0.3, -0.25) is 24.4 Å². The fourth-order valence-electron chi connectivity index (χ4n) is 2.89. The Kier molecular flexibility index (Phi) is 6.01. The van der Waals surface area contributed by atoms with Crippen molar-refractivity contribution in [2.45, 2.75) is 59.6 Å². The number of Topliss-reactive ketones (excluding diaryl/α,β-unsaturated/α-hetero) is 1. The van der Waals surface area contributed by atoms with E-state index in [0.29, 0.717) is 5.56 Å². The van der Waals surface area contributed by atoms with Crippen molar-refractivity contribution in [1.29, 1.82) is 0 Å². The van der Waals surface area contributed by atoms with E-state index >= 15 is 0 Å². The first kappa shape index (κ1) is 21.3. The van der Waals surface area contributed by atoms with Gasteiger partial charge in [0.1, 0.15) is 17.9 Å². The van der Waals surface area contributed by atoms with Crippen LogP contribution in [0.2, 0.25) is 0 Å². The molecule has 0 unspecified atom stereocenters. The first-order valence-electron chi connectivity index (χ1n) is 8.94. The van der Waals surface area contributed by atoms with Gasteiger partial charge in [0.25, 0.3) is 0 Å². The molecule has 0 aliphatic heterocycles. The highest BCUT2D eigenvalue weighted by Gasteiger charge is 2.25. The maximum absolute atomic E-state index is 12.5. The number of hydrogen-bond donors (Lipinski definition) is 0. The van der Waals surface area contributed by atoms with Gasteiger partial charge in [0.2, 0.25) is 5.78 Å². The van der Waals surface area contributed by atoms with Crippen molar-refractivity contribution in [3.8, 4) is 0 Å². The Hall–Kier alpha value is -3.03. The summed E-state index contributed by atoms with van der Waals surface area (Å²) >= 11 is 0. The van der Waals surface area contributed by atoms with Crippen molar-refractivity contribution in [2.75, 3.05) is 0 Å². The third-order valence-electron chi connectivity index (χ3n) is 4.52. The minimum atomic E-state index is -0.972. The summed E-state index contributed by atoms with van der Waals surface area (Å²) in [6.07, 6.45) is -0.972. The fourth-order valence-corrected chi connectivity index (χ4v) is 2.89. The molecule has 0 aliphatic rings. The molecule has 0 fully saturated rings. The molecule has 1 heterocycles. The number of rotatable bonds is 6. The van der Waals surface area contributed by atoms with Crippen LogP contribution in [-0.2, 0) is 21.5 Å². The topological polar surface area (TPSA) is 104 Å². The molecule has 0 saturated carbocycles. The van der Waals surface area contributed by atoms with Crippen LogP contribution in [0.25, 0.3) is 0 Å². The number of nitro groups is 1. The number of ketones is 1. The molecule has 0 saturated heterocycles. The van der Waals surface area contributed by atoms with Crippen LogP contribution in [-0.4, -0.2) is 32.6 Å². The van der Waals surface area contributed by atoms with E-state index in [0.717, 1.165) is 5.56 Å². The molecule has 1 aromatic heterocycles. The van der Waals surface area contributed by atoms with Crippen LogP contribution in [0, 0.1) is 24.0 Å².